The van der Waals surface area contributed by atoms with Gasteiger partial charge in [0.05, 0.1) is 11.2 Å². The number of carbonyl (C=O) groups excluding carboxylic acids is 1. The summed E-state index contributed by atoms with van der Waals surface area (Å²) in [6, 6.07) is 12.4. The number of aromatic nitrogens is 3. The first-order chi connectivity index (χ1) is 10.3. The van der Waals surface area contributed by atoms with Crippen LogP contribution in [0.3, 0.4) is 0 Å². The van der Waals surface area contributed by atoms with E-state index in [-0.39, 0.29) is 11.6 Å². The van der Waals surface area contributed by atoms with Crippen molar-refractivity contribution in [2.75, 3.05) is 10.7 Å². The molecule has 0 bridgehead atoms. The molecule has 0 atom stereocenters. The molecular weight excluding hydrogens is 268 g/mol. The largest absolute Gasteiger partial charge is 0.320 e. The van der Waals surface area contributed by atoms with Gasteiger partial charge in [-0.25, -0.2) is 5.84 Å². The molecule has 0 unspecified atom stereocenters. The second kappa shape index (κ2) is 5.51. The van der Waals surface area contributed by atoms with Crippen LogP contribution in [0.1, 0.15) is 10.5 Å². The molecule has 0 aliphatic carbocycles. The van der Waals surface area contributed by atoms with Crippen LogP contribution in [0.4, 0.5) is 11.5 Å². The number of pyridine rings is 1. The third-order valence-corrected chi connectivity index (χ3v) is 2.94. The Bertz CT molecular complexity index is 782. The van der Waals surface area contributed by atoms with E-state index >= 15 is 0 Å². The van der Waals surface area contributed by atoms with E-state index in [1.165, 1.54) is 0 Å². The molecule has 104 valence electrons. The quantitative estimate of drug-likeness (QED) is 0.496. The molecule has 21 heavy (non-hydrogen) atoms. The average Bonchev–Trinajstić information content (AvgIpc) is 2.55. The first kappa shape index (κ1) is 12.9. The Morgan fingerprint density at radius 1 is 1.05 bits per heavy atom. The van der Waals surface area contributed by atoms with Gasteiger partial charge in [-0.1, -0.05) is 6.07 Å². The fraction of sp³-hybridized carbons (Fsp3) is 0. The number of hydrazine groups is 1. The zero-order valence-corrected chi connectivity index (χ0v) is 10.9. The lowest BCUT2D eigenvalue weighted by molar-refractivity contribution is 0.102. The summed E-state index contributed by atoms with van der Waals surface area (Å²) in [6.07, 6.45) is 1.71. The van der Waals surface area contributed by atoms with Crippen LogP contribution in [-0.2, 0) is 0 Å². The molecule has 7 nitrogen and oxygen atoms in total. The predicted molar refractivity (Wildman–Crippen MR) is 79.5 cm³/mol. The maximum absolute atomic E-state index is 12.2. The lowest BCUT2D eigenvalue weighted by atomic mass is 10.2. The second-order valence-corrected chi connectivity index (χ2v) is 4.28. The molecule has 0 aliphatic rings. The molecule has 0 spiro atoms. The number of hydrogen-bond acceptors (Lipinski definition) is 6. The van der Waals surface area contributed by atoms with Gasteiger partial charge in [-0.05, 0) is 36.4 Å². The molecule has 1 amide bonds. The SMILES string of the molecule is NNc1ccc(C(=O)Nc2cccc3ncccc23)nn1. The van der Waals surface area contributed by atoms with E-state index < -0.39 is 0 Å². The van der Waals surface area contributed by atoms with Crippen LogP contribution in [0.25, 0.3) is 10.9 Å². The summed E-state index contributed by atoms with van der Waals surface area (Å²) in [5.74, 6) is 5.25. The number of rotatable bonds is 3. The number of anilines is 2. The molecule has 0 saturated heterocycles. The van der Waals surface area contributed by atoms with Crippen molar-refractivity contribution in [3.63, 3.8) is 0 Å². The van der Waals surface area contributed by atoms with Crippen molar-refractivity contribution in [2.24, 2.45) is 5.84 Å². The van der Waals surface area contributed by atoms with Crippen LogP contribution in [0.5, 0.6) is 0 Å². The average molecular weight is 280 g/mol. The van der Waals surface area contributed by atoms with E-state index in [2.05, 4.69) is 25.9 Å². The summed E-state index contributed by atoms with van der Waals surface area (Å²) in [5, 5.41) is 11.2. The fourth-order valence-corrected chi connectivity index (χ4v) is 1.93. The monoisotopic (exact) mass is 280 g/mol. The predicted octanol–water partition coefficient (Wildman–Crippen LogP) is 1.56. The molecule has 4 N–H and O–H groups in total. The number of fused-ring (bicyclic) bond motifs is 1. The Kier molecular flexibility index (Phi) is 3.40. The summed E-state index contributed by atoms with van der Waals surface area (Å²) in [7, 11) is 0. The molecule has 3 rings (SSSR count). The minimum absolute atomic E-state index is 0.204. The molecule has 0 fully saturated rings. The van der Waals surface area contributed by atoms with E-state index in [0.717, 1.165) is 10.9 Å². The maximum atomic E-state index is 12.2. The van der Waals surface area contributed by atoms with Crippen molar-refractivity contribution in [3.8, 4) is 0 Å². The lowest BCUT2D eigenvalue weighted by Crippen LogP contribution is -2.16. The van der Waals surface area contributed by atoms with Crippen molar-refractivity contribution in [1.29, 1.82) is 0 Å². The van der Waals surface area contributed by atoms with E-state index in [4.69, 9.17) is 5.84 Å². The second-order valence-electron chi connectivity index (χ2n) is 4.28. The van der Waals surface area contributed by atoms with Crippen molar-refractivity contribution in [1.82, 2.24) is 15.2 Å². The molecule has 0 aliphatic heterocycles. The number of nitrogens with one attached hydrogen (secondary N) is 2. The highest BCUT2D eigenvalue weighted by Gasteiger charge is 2.10. The van der Waals surface area contributed by atoms with Gasteiger partial charge < -0.3 is 10.7 Å². The van der Waals surface area contributed by atoms with Gasteiger partial charge in [0.2, 0.25) is 0 Å². The van der Waals surface area contributed by atoms with Gasteiger partial charge in [-0.2, -0.15) is 0 Å². The number of carbonyl (C=O) groups is 1. The zero-order chi connectivity index (χ0) is 14.7. The van der Waals surface area contributed by atoms with E-state index in [9.17, 15) is 4.79 Å². The number of benzene rings is 1. The zero-order valence-electron chi connectivity index (χ0n) is 10.9. The van der Waals surface area contributed by atoms with Crippen LogP contribution in [0, 0.1) is 0 Å². The summed E-state index contributed by atoms with van der Waals surface area (Å²) in [5.41, 5.74) is 4.04. The van der Waals surface area contributed by atoms with Crippen LogP contribution in [0.15, 0.2) is 48.7 Å². The van der Waals surface area contributed by atoms with Gasteiger partial charge in [0.1, 0.15) is 0 Å². The van der Waals surface area contributed by atoms with Crippen molar-refractivity contribution >= 4 is 28.3 Å². The number of nitrogen functional groups attached to an aromatic ring is 1. The molecule has 3 aromatic rings. The highest BCUT2D eigenvalue weighted by atomic mass is 16.1. The van der Waals surface area contributed by atoms with E-state index in [1.54, 1.807) is 18.3 Å². The number of nitrogens with zero attached hydrogens (tertiary/aromatic N) is 3. The minimum Gasteiger partial charge on any atom is -0.320 e. The first-order valence-electron chi connectivity index (χ1n) is 6.23. The minimum atomic E-state index is -0.345. The van der Waals surface area contributed by atoms with Crippen molar-refractivity contribution in [3.05, 3.63) is 54.4 Å². The molecule has 1 aromatic carbocycles. The first-order valence-corrected chi connectivity index (χ1v) is 6.23. The molecule has 7 heteroatoms. The topological polar surface area (TPSA) is 106 Å². The lowest BCUT2D eigenvalue weighted by Gasteiger charge is -2.07. The van der Waals surface area contributed by atoms with Gasteiger partial charge in [-0.3, -0.25) is 9.78 Å². The Morgan fingerprint density at radius 2 is 1.95 bits per heavy atom. The van der Waals surface area contributed by atoms with Gasteiger partial charge in [0, 0.05) is 11.6 Å². The third-order valence-electron chi connectivity index (χ3n) is 2.94. The van der Waals surface area contributed by atoms with Crippen LogP contribution >= 0.6 is 0 Å². The van der Waals surface area contributed by atoms with Crippen molar-refractivity contribution in [2.45, 2.75) is 0 Å². The Hall–Kier alpha value is -3.06. The van der Waals surface area contributed by atoms with Crippen LogP contribution < -0.4 is 16.6 Å². The standard InChI is InChI=1S/C14H12N6O/c15-18-13-7-6-12(19-20-13)14(21)17-11-5-1-4-10-9(11)3-2-8-16-10/h1-8H,15H2,(H,17,21)(H,18,20). The van der Waals surface area contributed by atoms with Gasteiger partial charge >= 0.3 is 0 Å². The number of amides is 1. The molecule has 0 radical (unpaired) electrons. The highest BCUT2D eigenvalue weighted by Crippen LogP contribution is 2.21. The normalized spacial score (nSPS) is 10.3. The molecular formula is C14H12N6O. The molecule has 2 heterocycles. The summed E-state index contributed by atoms with van der Waals surface area (Å²) in [6.45, 7) is 0. The number of nitrogens with two attached hydrogens (primary N) is 1. The summed E-state index contributed by atoms with van der Waals surface area (Å²) < 4.78 is 0. The third kappa shape index (κ3) is 2.63. The fourth-order valence-electron chi connectivity index (χ4n) is 1.93. The van der Waals surface area contributed by atoms with Gasteiger partial charge in [0.15, 0.2) is 11.5 Å². The highest BCUT2D eigenvalue weighted by molar-refractivity contribution is 6.07. The maximum Gasteiger partial charge on any atom is 0.276 e. The van der Waals surface area contributed by atoms with Gasteiger partial charge in [-0.15, -0.1) is 10.2 Å². The van der Waals surface area contributed by atoms with E-state index in [0.29, 0.717) is 11.5 Å². The Labute approximate surface area is 120 Å². The Balaban J connectivity index is 1.89. The van der Waals surface area contributed by atoms with Gasteiger partial charge in [0.25, 0.3) is 5.91 Å². The summed E-state index contributed by atoms with van der Waals surface area (Å²) >= 11 is 0. The van der Waals surface area contributed by atoms with Crippen LogP contribution in [0.2, 0.25) is 0 Å². The van der Waals surface area contributed by atoms with E-state index in [1.807, 2.05) is 30.3 Å². The molecule has 0 saturated carbocycles. The molecule has 2 aromatic heterocycles. The summed E-state index contributed by atoms with van der Waals surface area (Å²) in [4.78, 5) is 16.4. The smallest absolute Gasteiger partial charge is 0.276 e. The Morgan fingerprint density at radius 3 is 2.71 bits per heavy atom. The van der Waals surface area contributed by atoms with Crippen molar-refractivity contribution < 1.29 is 4.79 Å². The van der Waals surface area contributed by atoms with Crippen LogP contribution in [-0.4, -0.2) is 21.1 Å². The number of hydrogen-bond donors (Lipinski definition) is 3.